The van der Waals surface area contributed by atoms with Gasteiger partial charge >= 0.3 is 0 Å². The van der Waals surface area contributed by atoms with Gasteiger partial charge in [0.2, 0.25) is 0 Å². The molecular weight excluding hydrogens is 375 g/mol. The molecule has 0 saturated carbocycles. The number of ether oxygens (including phenoxy) is 1. The minimum atomic E-state index is -0.373. The Kier molecular flexibility index (Phi) is 5.62. The van der Waals surface area contributed by atoms with E-state index in [0.717, 1.165) is 18.4 Å². The maximum absolute atomic E-state index is 13.8. The smallest absolute Gasteiger partial charge is 0.259 e. The highest BCUT2D eigenvalue weighted by Gasteiger charge is 2.26. The molecule has 0 spiro atoms. The van der Waals surface area contributed by atoms with Crippen LogP contribution in [0.1, 0.15) is 34.6 Å². The zero-order valence-electron chi connectivity index (χ0n) is 16.0. The van der Waals surface area contributed by atoms with E-state index in [9.17, 15) is 9.18 Å². The zero-order valence-corrected chi connectivity index (χ0v) is 16.0. The Morgan fingerprint density at radius 1 is 1.38 bits per heavy atom. The molecule has 3 aromatic rings. The van der Waals surface area contributed by atoms with Crippen LogP contribution in [0.3, 0.4) is 0 Å². The van der Waals surface area contributed by atoms with Gasteiger partial charge in [-0.05, 0) is 49.6 Å². The minimum absolute atomic E-state index is 0.136. The highest BCUT2D eigenvalue weighted by molar-refractivity contribution is 5.94. The molecule has 1 aliphatic heterocycles. The van der Waals surface area contributed by atoms with Crippen LogP contribution in [0.4, 0.5) is 4.39 Å². The van der Waals surface area contributed by atoms with E-state index in [2.05, 4.69) is 15.1 Å². The second kappa shape index (κ2) is 8.48. The van der Waals surface area contributed by atoms with Crippen molar-refractivity contribution in [2.24, 2.45) is 0 Å². The first-order valence-corrected chi connectivity index (χ1v) is 9.50. The van der Waals surface area contributed by atoms with Gasteiger partial charge in [-0.25, -0.2) is 4.39 Å². The Morgan fingerprint density at radius 2 is 2.28 bits per heavy atom. The Labute approximate surface area is 167 Å². The number of pyridine rings is 1. The average molecular weight is 396 g/mol. The van der Waals surface area contributed by atoms with Crippen LogP contribution in [0.15, 0.2) is 47.2 Å². The molecule has 0 N–H and O–H groups in total. The summed E-state index contributed by atoms with van der Waals surface area (Å²) in [5.41, 5.74) is 1.62. The fourth-order valence-electron chi connectivity index (χ4n) is 3.28. The first-order valence-electron chi connectivity index (χ1n) is 9.50. The normalized spacial score (nSPS) is 16.8. The molecule has 0 bridgehead atoms. The number of piperidine rings is 1. The van der Waals surface area contributed by atoms with Gasteiger partial charge in [-0.1, -0.05) is 11.2 Å². The maximum Gasteiger partial charge on any atom is 0.259 e. The number of aromatic nitrogens is 3. The average Bonchev–Trinajstić information content (AvgIpc) is 3.24. The van der Waals surface area contributed by atoms with Crippen molar-refractivity contribution in [2.75, 3.05) is 13.1 Å². The van der Waals surface area contributed by atoms with Gasteiger partial charge in [-0.15, -0.1) is 0 Å². The van der Waals surface area contributed by atoms with Crippen LogP contribution in [0.2, 0.25) is 0 Å². The molecule has 1 amide bonds. The predicted octanol–water partition coefficient (Wildman–Crippen LogP) is 3.40. The molecule has 1 atom stereocenters. The second-order valence-electron chi connectivity index (χ2n) is 7.05. The van der Waals surface area contributed by atoms with Crippen LogP contribution < -0.4 is 0 Å². The number of carbonyl (C=O) groups excluding carboxylic acids is 1. The summed E-state index contributed by atoms with van der Waals surface area (Å²) in [4.78, 5) is 22.8. The number of rotatable bonds is 5. The molecule has 1 fully saturated rings. The Morgan fingerprint density at radius 3 is 3.07 bits per heavy atom. The van der Waals surface area contributed by atoms with Crippen LogP contribution in [-0.2, 0) is 11.3 Å². The summed E-state index contributed by atoms with van der Waals surface area (Å²) >= 11 is 0. The van der Waals surface area contributed by atoms with Gasteiger partial charge in [-0.2, -0.15) is 4.98 Å². The summed E-state index contributed by atoms with van der Waals surface area (Å²) in [5, 5.41) is 3.94. The lowest BCUT2D eigenvalue weighted by Gasteiger charge is -2.32. The molecule has 8 heteroatoms. The SMILES string of the molecule is Cc1ccc(C(=O)N2CCCC(OCc3noc(-c4cccnc4)n3)C2)cc1F. The molecule has 1 unspecified atom stereocenters. The number of nitrogens with zero attached hydrogens (tertiary/aromatic N) is 4. The van der Waals surface area contributed by atoms with Crippen molar-refractivity contribution < 1.29 is 18.4 Å². The van der Waals surface area contributed by atoms with Crippen molar-refractivity contribution in [3.63, 3.8) is 0 Å². The van der Waals surface area contributed by atoms with E-state index in [1.165, 1.54) is 6.07 Å². The molecule has 7 nitrogen and oxygen atoms in total. The zero-order chi connectivity index (χ0) is 20.2. The van der Waals surface area contributed by atoms with Crippen molar-refractivity contribution in [1.29, 1.82) is 0 Å². The van der Waals surface area contributed by atoms with E-state index in [1.54, 1.807) is 42.4 Å². The highest BCUT2D eigenvalue weighted by atomic mass is 19.1. The molecule has 29 heavy (non-hydrogen) atoms. The van der Waals surface area contributed by atoms with Crippen molar-refractivity contribution in [3.8, 4) is 11.5 Å². The van der Waals surface area contributed by atoms with Gasteiger partial charge in [0.1, 0.15) is 12.4 Å². The fourth-order valence-corrected chi connectivity index (χ4v) is 3.28. The molecule has 1 aliphatic rings. The Hall–Kier alpha value is -3.13. The molecule has 0 aliphatic carbocycles. The largest absolute Gasteiger partial charge is 0.368 e. The van der Waals surface area contributed by atoms with E-state index in [-0.39, 0.29) is 24.4 Å². The van der Waals surface area contributed by atoms with E-state index in [0.29, 0.717) is 35.9 Å². The first-order chi connectivity index (χ1) is 14.1. The molecular formula is C21H21FN4O3. The fraction of sp³-hybridized carbons (Fsp3) is 0.333. The number of likely N-dealkylation sites (tertiary alicyclic amines) is 1. The van der Waals surface area contributed by atoms with Crippen LogP contribution in [0.5, 0.6) is 0 Å². The predicted molar refractivity (Wildman–Crippen MR) is 102 cm³/mol. The summed E-state index contributed by atoms with van der Waals surface area (Å²) in [6.07, 6.45) is 4.84. The van der Waals surface area contributed by atoms with Crippen LogP contribution in [0.25, 0.3) is 11.5 Å². The molecule has 150 valence electrons. The number of hydrogen-bond donors (Lipinski definition) is 0. The summed E-state index contributed by atoms with van der Waals surface area (Å²) in [7, 11) is 0. The Balaban J connectivity index is 1.35. The first kappa shape index (κ1) is 19.2. The lowest BCUT2D eigenvalue weighted by Crippen LogP contribution is -2.43. The van der Waals surface area contributed by atoms with Crippen molar-refractivity contribution in [3.05, 3.63) is 65.5 Å². The molecule has 1 aromatic carbocycles. The van der Waals surface area contributed by atoms with Crippen LogP contribution in [-0.4, -0.2) is 45.1 Å². The summed E-state index contributed by atoms with van der Waals surface area (Å²) < 4.78 is 25.0. The van der Waals surface area contributed by atoms with E-state index in [4.69, 9.17) is 9.26 Å². The third kappa shape index (κ3) is 4.48. The summed E-state index contributed by atoms with van der Waals surface area (Å²) in [5.74, 6) is 0.268. The number of carbonyl (C=O) groups is 1. The van der Waals surface area contributed by atoms with Gasteiger partial charge < -0.3 is 14.2 Å². The quantitative estimate of drug-likeness (QED) is 0.658. The molecule has 1 saturated heterocycles. The number of benzene rings is 1. The van der Waals surface area contributed by atoms with E-state index < -0.39 is 0 Å². The second-order valence-corrected chi connectivity index (χ2v) is 7.05. The van der Waals surface area contributed by atoms with E-state index >= 15 is 0 Å². The summed E-state index contributed by atoms with van der Waals surface area (Å²) in [6, 6.07) is 8.20. The van der Waals surface area contributed by atoms with Crippen LogP contribution >= 0.6 is 0 Å². The number of halogens is 1. The highest BCUT2D eigenvalue weighted by Crippen LogP contribution is 2.20. The number of amides is 1. The Bertz CT molecular complexity index is 993. The molecule has 3 heterocycles. The van der Waals surface area contributed by atoms with Gasteiger partial charge in [0, 0.05) is 31.0 Å². The summed E-state index contributed by atoms with van der Waals surface area (Å²) in [6.45, 7) is 2.94. The topological polar surface area (TPSA) is 81.4 Å². The van der Waals surface area contributed by atoms with Crippen molar-refractivity contribution in [1.82, 2.24) is 20.0 Å². The lowest BCUT2D eigenvalue weighted by atomic mass is 10.1. The standard InChI is InChI=1S/C21H21FN4O3/c1-14-6-7-15(10-18(14)22)21(27)26-9-3-5-17(12-26)28-13-19-24-20(29-25-19)16-4-2-8-23-11-16/h2,4,6-8,10-11,17H,3,5,9,12-13H2,1H3. The third-order valence-electron chi connectivity index (χ3n) is 4.91. The van der Waals surface area contributed by atoms with E-state index in [1.807, 2.05) is 6.07 Å². The minimum Gasteiger partial charge on any atom is -0.368 e. The van der Waals surface area contributed by atoms with Crippen molar-refractivity contribution in [2.45, 2.75) is 32.5 Å². The lowest BCUT2D eigenvalue weighted by molar-refractivity contribution is -0.00962. The number of hydrogen-bond acceptors (Lipinski definition) is 6. The van der Waals surface area contributed by atoms with Crippen LogP contribution in [0, 0.1) is 12.7 Å². The van der Waals surface area contributed by atoms with Gasteiger partial charge in [0.05, 0.1) is 11.7 Å². The molecule has 4 rings (SSSR count). The molecule has 2 aromatic heterocycles. The maximum atomic E-state index is 13.8. The van der Waals surface area contributed by atoms with Crippen molar-refractivity contribution >= 4 is 5.91 Å². The third-order valence-corrected chi connectivity index (χ3v) is 4.91. The van der Waals surface area contributed by atoms with Gasteiger partial charge in [0.15, 0.2) is 5.82 Å². The molecule has 0 radical (unpaired) electrons. The monoisotopic (exact) mass is 396 g/mol. The van der Waals surface area contributed by atoms with Gasteiger partial charge in [0.25, 0.3) is 11.8 Å². The number of aryl methyl sites for hydroxylation is 1. The van der Waals surface area contributed by atoms with Gasteiger partial charge in [-0.3, -0.25) is 9.78 Å².